The lowest BCUT2D eigenvalue weighted by molar-refractivity contribution is 0.185. The molecular weight excluding hydrogens is 312 g/mol. The average molecular weight is 331 g/mol. The molecule has 3 heterocycles. The third-order valence-electron chi connectivity index (χ3n) is 5.22. The first-order valence-electron chi connectivity index (χ1n) is 8.29. The van der Waals surface area contributed by atoms with Crippen molar-refractivity contribution in [2.24, 2.45) is 0 Å². The molecule has 1 N–H and O–H groups in total. The molecule has 2 aliphatic heterocycles. The van der Waals surface area contributed by atoms with Gasteiger partial charge in [0.25, 0.3) is 5.56 Å². The third-order valence-corrected chi connectivity index (χ3v) is 5.22. The molecule has 0 aliphatic carbocycles. The number of H-pyrrole nitrogens is 1. The lowest BCUT2D eigenvalue weighted by Gasteiger charge is -2.28. The first-order valence-corrected chi connectivity index (χ1v) is 8.29. The van der Waals surface area contributed by atoms with Crippen molar-refractivity contribution in [2.75, 3.05) is 0 Å². The van der Waals surface area contributed by atoms with E-state index in [-0.39, 0.29) is 23.5 Å². The zero-order valence-electron chi connectivity index (χ0n) is 13.5. The monoisotopic (exact) mass is 331 g/mol. The van der Waals surface area contributed by atoms with E-state index in [0.717, 1.165) is 30.2 Å². The minimum atomic E-state index is -0.425. The zero-order valence-corrected chi connectivity index (χ0v) is 13.5. The van der Waals surface area contributed by atoms with Crippen LogP contribution < -0.4 is 5.56 Å². The van der Waals surface area contributed by atoms with Gasteiger partial charge in [-0.15, -0.1) is 0 Å². The van der Waals surface area contributed by atoms with Crippen LogP contribution in [0.1, 0.15) is 35.5 Å². The molecule has 0 radical (unpaired) electrons. The minimum Gasteiger partial charge on any atom is -0.311 e. The zero-order chi connectivity index (χ0) is 16.8. The van der Waals surface area contributed by atoms with Crippen LogP contribution in [-0.4, -0.2) is 27.0 Å². The number of hydrogen-bond donors (Lipinski definition) is 1. The fourth-order valence-corrected chi connectivity index (χ4v) is 4.08. The van der Waals surface area contributed by atoms with E-state index in [9.17, 15) is 13.6 Å². The van der Waals surface area contributed by atoms with Gasteiger partial charge in [-0.25, -0.2) is 13.8 Å². The lowest BCUT2D eigenvalue weighted by Crippen LogP contribution is -2.36. The van der Waals surface area contributed by atoms with Crippen molar-refractivity contribution in [1.82, 2.24) is 14.9 Å². The van der Waals surface area contributed by atoms with Gasteiger partial charge in [0.2, 0.25) is 0 Å². The highest BCUT2D eigenvalue weighted by atomic mass is 19.1. The van der Waals surface area contributed by atoms with Crippen LogP contribution in [0, 0.1) is 18.6 Å². The quantitative estimate of drug-likeness (QED) is 0.920. The molecular formula is C18H19F2N3O. The molecule has 1 aromatic heterocycles. The number of rotatable bonds is 2. The number of hydrogen-bond acceptors (Lipinski definition) is 3. The first-order chi connectivity index (χ1) is 11.5. The molecule has 0 saturated carbocycles. The molecule has 2 unspecified atom stereocenters. The highest BCUT2D eigenvalue weighted by Crippen LogP contribution is 2.34. The summed E-state index contributed by atoms with van der Waals surface area (Å²) in [4.78, 5) is 21.8. The molecule has 2 aromatic rings. The molecule has 1 fully saturated rings. The van der Waals surface area contributed by atoms with E-state index in [1.807, 2.05) is 0 Å². The van der Waals surface area contributed by atoms with Gasteiger partial charge in [-0.2, -0.15) is 0 Å². The standard InChI is InChI=1S/C18H19F2N3O/c1-10-21-17-8-14-4-3-13(7-15(17)18(24)22-10)23(14)9-11-6-12(19)2-5-16(11)20/h2,5-6,13-14H,3-4,7-9H2,1H3,(H,21,22,24). The highest BCUT2D eigenvalue weighted by molar-refractivity contribution is 5.25. The van der Waals surface area contributed by atoms with Gasteiger partial charge in [0.15, 0.2) is 0 Å². The number of nitrogens with zero attached hydrogens (tertiary/aromatic N) is 2. The largest absolute Gasteiger partial charge is 0.311 e. The second kappa shape index (κ2) is 5.77. The van der Waals surface area contributed by atoms with E-state index in [1.54, 1.807) is 6.92 Å². The molecule has 2 aliphatic rings. The number of aromatic nitrogens is 2. The van der Waals surface area contributed by atoms with Crippen LogP contribution in [0.5, 0.6) is 0 Å². The summed E-state index contributed by atoms with van der Waals surface area (Å²) >= 11 is 0. The van der Waals surface area contributed by atoms with E-state index in [0.29, 0.717) is 30.8 Å². The van der Waals surface area contributed by atoms with Gasteiger partial charge in [0.1, 0.15) is 17.5 Å². The molecule has 2 atom stereocenters. The molecule has 6 heteroatoms. The van der Waals surface area contributed by atoms with Gasteiger partial charge in [-0.3, -0.25) is 9.69 Å². The van der Waals surface area contributed by atoms with Crippen LogP contribution in [0.4, 0.5) is 8.78 Å². The van der Waals surface area contributed by atoms with Gasteiger partial charge < -0.3 is 4.98 Å². The van der Waals surface area contributed by atoms with E-state index < -0.39 is 5.82 Å². The average Bonchev–Trinajstić information content (AvgIpc) is 2.79. The fraction of sp³-hybridized carbons (Fsp3) is 0.444. The normalized spacial score (nSPS) is 23.1. The van der Waals surface area contributed by atoms with Gasteiger partial charge in [-0.05, 0) is 44.4 Å². The molecule has 1 aromatic carbocycles. The number of nitrogens with one attached hydrogen (secondary N) is 1. The number of aryl methyl sites for hydroxylation is 1. The summed E-state index contributed by atoms with van der Waals surface area (Å²) in [5.41, 5.74) is 1.91. The Kier molecular flexibility index (Phi) is 3.72. The summed E-state index contributed by atoms with van der Waals surface area (Å²) in [5, 5.41) is 0. The van der Waals surface area contributed by atoms with Crippen molar-refractivity contribution >= 4 is 0 Å². The van der Waals surface area contributed by atoms with Crippen LogP contribution in [0.2, 0.25) is 0 Å². The summed E-state index contributed by atoms with van der Waals surface area (Å²) in [5.74, 6) is -0.186. The Balaban J connectivity index is 1.67. The van der Waals surface area contributed by atoms with Crippen molar-refractivity contribution in [3.63, 3.8) is 0 Å². The maximum Gasteiger partial charge on any atom is 0.254 e. The summed E-state index contributed by atoms with van der Waals surface area (Å²) in [7, 11) is 0. The molecule has 0 amide bonds. The third kappa shape index (κ3) is 2.65. The highest BCUT2D eigenvalue weighted by Gasteiger charge is 2.38. The Morgan fingerprint density at radius 3 is 2.79 bits per heavy atom. The van der Waals surface area contributed by atoms with E-state index >= 15 is 0 Å². The second-order valence-electron chi connectivity index (χ2n) is 6.78. The SMILES string of the molecule is Cc1nc2c(c(=O)[nH]1)CC1CCC(C2)N1Cc1cc(F)ccc1F. The van der Waals surface area contributed by atoms with Crippen molar-refractivity contribution in [1.29, 1.82) is 0 Å². The van der Waals surface area contributed by atoms with Crippen LogP contribution >= 0.6 is 0 Å². The molecule has 126 valence electrons. The predicted octanol–water partition coefficient (Wildman–Crippen LogP) is 2.49. The Hall–Kier alpha value is -2.08. The number of fused-ring (bicyclic) bond motifs is 3. The number of benzene rings is 1. The smallest absolute Gasteiger partial charge is 0.254 e. The molecule has 2 bridgehead atoms. The van der Waals surface area contributed by atoms with Gasteiger partial charge in [-0.1, -0.05) is 0 Å². The lowest BCUT2D eigenvalue weighted by atomic mass is 9.98. The molecule has 4 rings (SSSR count). The first kappa shape index (κ1) is 15.4. The van der Waals surface area contributed by atoms with Crippen LogP contribution in [-0.2, 0) is 19.4 Å². The van der Waals surface area contributed by atoms with Crippen molar-refractivity contribution < 1.29 is 8.78 Å². The minimum absolute atomic E-state index is 0.0677. The maximum atomic E-state index is 14.0. The van der Waals surface area contributed by atoms with Gasteiger partial charge >= 0.3 is 0 Å². The van der Waals surface area contributed by atoms with Crippen LogP contribution in [0.15, 0.2) is 23.0 Å². The number of halogens is 2. The summed E-state index contributed by atoms with van der Waals surface area (Å²) in [6.07, 6.45) is 3.27. The molecule has 4 nitrogen and oxygen atoms in total. The summed E-state index contributed by atoms with van der Waals surface area (Å²) in [6.45, 7) is 2.15. The predicted molar refractivity (Wildman–Crippen MR) is 85.7 cm³/mol. The Labute approximate surface area is 138 Å². The summed E-state index contributed by atoms with van der Waals surface area (Å²) < 4.78 is 27.5. The van der Waals surface area contributed by atoms with Crippen molar-refractivity contribution in [3.05, 3.63) is 62.8 Å². The molecule has 24 heavy (non-hydrogen) atoms. The van der Waals surface area contributed by atoms with Gasteiger partial charge in [0, 0.05) is 36.2 Å². The fourth-order valence-electron chi connectivity index (χ4n) is 4.08. The van der Waals surface area contributed by atoms with Crippen LogP contribution in [0.25, 0.3) is 0 Å². The molecule has 1 saturated heterocycles. The Morgan fingerprint density at radius 2 is 2.00 bits per heavy atom. The Morgan fingerprint density at radius 1 is 1.25 bits per heavy atom. The summed E-state index contributed by atoms with van der Waals surface area (Å²) in [6, 6.07) is 3.96. The topological polar surface area (TPSA) is 49.0 Å². The van der Waals surface area contributed by atoms with E-state index in [4.69, 9.17) is 0 Å². The number of aromatic amines is 1. The van der Waals surface area contributed by atoms with E-state index in [1.165, 1.54) is 12.1 Å². The molecule has 0 spiro atoms. The van der Waals surface area contributed by atoms with E-state index in [2.05, 4.69) is 14.9 Å². The second-order valence-corrected chi connectivity index (χ2v) is 6.78. The van der Waals surface area contributed by atoms with Crippen molar-refractivity contribution in [2.45, 2.75) is 51.2 Å². The van der Waals surface area contributed by atoms with Crippen LogP contribution in [0.3, 0.4) is 0 Å². The Bertz CT molecular complexity index is 849. The van der Waals surface area contributed by atoms with Gasteiger partial charge in [0.05, 0.1) is 5.69 Å². The van der Waals surface area contributed by atoms with Crippen molar-refractivity contribution in [3.8, 4) is 0 Å². The maximum absolute atomic E-state index is 14.0.